The summed E-state index contributed by atoms with van der Waals surface area (Å²) in [7, 11) is 0. The fourth-order valence-corrected chi connectivity index (χ4v) is 4.99. The van der Waals surface area contributed by atoms with Gasteiger partial charge in [0.25, 0.3) is 5.91 Å². The largest absolute Gasteiger partial charge is 0.375 e. The number of hydrogen-bond donors (Lipinski definition) is 2. The van der Waals surface area contributed by atoms with E-state index in [9.17, 15) is 9.18 Å². The van der Waals surface area contributed by atoms with E-state index in [1.165, 1.54) is 18.3 Å². The van der Waals surface area contributed by atoms with Crippen LogP contribution in [0.2, 0.25) is 0 Å². The molecule has 3 heterocycles. The Morgan fingerprint density at radius 2 is 2.20 bits per heavy atom. The van der Waals surface area contributed by atoms with Gasteiger partial charge in [0.05, 0.1) is 30.2 Å². The molecule has 1 unspecified atom stereocenters. The van der Waals surface area contributed by atoms with Gasteiger partial charge >= 0.3 is 0 Å². The first kappa shape index (κ1) is 23.3. The number of morpholine rings is 1. The number of halogens is 1. The molecule has 1 saturated heterocycles. The summed E-state index contributed by atoms with van der Waals surface area (Å²) in [5.41, 5.74) is 6.78. The van der Waals surface area contributed by atoms with Gasteiger partial charge in [0.2, 0.25) is 0 Å². The Labute approximate surface area is 206 Å². The summed E-state index contributed by atoms with van der Waals surface area (Å²) in [6.07, 6.45) is 4.26. The molecule has 35 heavy (non-hydrogen) atoms. The number of carbonyl (C=O) groups excluding carboxylic acids is 1. The molecular weight excluding hydrogens is 465 g/mol. The number of rotatable bonds is 7. The van der Waals surface area contributed by atoms with Gasteiger partial charge in [0.1, 0.15) is 10.8 Å². The Morgan fingerprint density at radius 1 is 1.34 bits per heavy atom. The Hall–Kier alpha value is -3.40. The summed E-state index contributed by atoms with van der Waals surface area (Å²) in [6.45, 7) is 5.23. The van der Waals surface area contributed by atoms with E-state index in [0.717, 1.165) is 59.8 Å². The van der Waals surface area contributed by atoms with Gasteiger partial charge < -0.3 is 14.6 Å². The maximum atomic E-state index is 13.1. The van der Waals surface area contributed by atoms with Gasteiger partial charge in [-0.15, -0.1) is 11.3 Å². The summed E-state index contributed by atoms with van der Waals surface area (Å²) in [4.78, 5) is 17.8. The molecule has 5 rings (SSSR count). The zero-order valence-corrected chi connectivity index (χ0v) is 20.1. The molecule has 0 spiro atoms. The van der Waals surface area contributed by atoms with Gasteiger partial charge in [-0.1, -0.05) is 12.1 Å². The van der Waals surface area contributed by atoms with Gasteiger partial charge in [-0.2, -0.15) is 5.10 Å². The maximum absolute atomic E-state index is 13.1. The van der Waals surface area contributed by atoms with Crippen LogP contribution in [0.25, 0.3) is 21.5 Å². The molecule has 180 valence electrons. The topological polar surface area (TPSA) is 80.5 Å². The number of carbonyl (C=O) groups is 1. The van der Waals surface area contributed by atoms with Crippen molar-refractivity contribution in [3.63, 3.8) is 0 Å². The summed E-state index contributed by atoms with van der Waals surface area (Å²) in [6, 6.07) is 12.0. The minimum atomic E-state index is -0.318. The molecule has 1 amide bonds. The van der Waals surface area contributed by atoms with Crippen molar-refractivity contribution in [3.05, 3.63) is 76.7 Å². The van der Waals surface area contributed by atoms with E-state index in [2.05, 4.69) is 21.2 Å². The summed E-state index contributed by atoms with van der Waals surface area (Å²) in [5.74, 6) is -0.625. The minimum Gasteiger partial charge on any atom is -0.375 e. The molecular formula is C26H26FN5O2S. The van der Waals surface area contributed by atoms with E-state index in [1.54, 1.807) is 23.5 Å². The standard InChI is InChI=1S/C26H26FN5O2S/c1-2-32-15-23(25(33)31-29-13-17-3-6-19(27)7-4-17)22-11-18(5-8-24(22)32)26-30-20(16-35-26)12-21-14-28-9-10-34-21/h3-8,11,13,15-16,21,28H,2,9-10,12,14H2,1H3,(H,31,33)/b29-13+. The number of nitrogens with one attached hydrogen (secondary N) is 2. The van der Waals surface area contributed by atoms with E-state index in [0.29, 0.717) is 11.1 Å². The number of aromatic nitrogens is 2. The van der Waals surface area contributed by atoms with Gasteiger partial charge in [0, 0.05) is 54.1 Å². The first-order chi connectivity index (χ1) is 17.1. The third-order valence-electron chi connectivity index (χ3n) is 5.96. The highest BCUT2D eigenvalue weighted by Crippen LogP contribution is 2.30. The third-order valence-corrected chi connectivity index (χ3v) is 6.90. The van der Waals surface area contributed by atoms with Crippen molar-refractivity contribution in [1.82, 2.24) is 20.3 Å². The first-order valence-electron chi connectivity index (χ1n) is 11.6. The molecule has 1 fully saturated rings. The maximum Gasteiger partial charge on any atom is 0.273 e. The number of thiazole rings is 1. The van der Waals surface area contributed by atoms with E-state index in [1.807, 2.05) is 35.9 Å². The van der Waals surface area contributed by atoms with Crippen LogP contribution in [-0.4, -0.2) is 47.5 Å². The van der Waals surface area contributed by atoms with Crippen LogP contribution in [-0.2, 0) is 17.7 Å². The van der Waals surface area contributed by atoms with Gasteiger partial charge in [-0.25, -0.2) is 14.8 Å². The number of amides is 1. The van der Waals surface area contributed by atoms with E-state index < -0.39 is 0 Å². The number of ether oxygens (including phenoxy) is 1. The van der Waals surface area contributed by atoms with Gasteiger partial charge in [0.15, 0.2) is 0 Å². The van der Waals surface area contributed by atoms with Gasteiger partial charge in [-0.05, 0) is 42.8 Å². The number of benzene rings is 2. The molecule has 1 atom stereocenters. The van der Waals surface area contributed by atoms with Crippen molar-refractivity contribution in [2.75, 3.05) is 19.7 Å². The molecule has 0 radical (unpaired) electrons. The van der Waals surface area contributed by atoms with Crippen molar-refractivity contribution < 1.29 is 13.9 Å². The summed E-state index contributed by atoms with van der Waals surface area (Å²) < 4.78 is 20.9. The lowest BCUT2D eigenvalue weighted by Crippen LogP contribution is -2.39. The van der Waals surface area contributed by atoms with Crippen LogP contribution in [0.4, 0.5) is 4.39 Å². The lowest BCUT2D eigenvalue weighted by atomic mass is 10.1. The van der Waals surface area contributed by atoms with Crippen LogP contribution in [0.5, 0.6) is 0 Å². The molecule has 0 aliphatic carbocycles. The van der Waals surface area contributed by atoms with Crippen LogP contribution in [0.15, 0.2) is 59.1 Å². The normalized spacial score (nSPS) is 16.2. The Bertz CT molecular complexity index is 1360. The summed E-state index contributed by atoms with van der Waals surface area (Å²) in [5, 5.41) is 11.2. The lowest BCUT2D eigenvalue weighted by molar-refractivity contribution is 0.0287. The van der Waals surface area contributed by atoms with Crippen molar-refractivity contribution in [2.24, 2.45) is 5.10 Å². The number of hydrogen-bond acceptors (Lipinski definition) is 6. The van der Waals surface area contributed by atoms with Crippen molar-refractivity contribution >= 4 is 34.4 Å². The monoisotopic (exact) mass is 491 g/mol. The highest BCUT2D eigenvalue weighted by Gasteiger charge is 2.18. The van der Waals surface area contributed by atoms with Crippen molar-refractivity contribution in [1.29, 1.82) is 0 Å². The second-order valence-corrected chi connectivity index (χ2v) is 9.21. The average Bonchev–Trinajstić information content (AvgIpc) is 3.50. The van der Waals surface area contributed by atoms with Crippen LogP contribution in [0, 0.1) is 5.82 Å². The SMILES string of the molecule is CCn1cc(C(=O)N/N=C/c2ccc(F)cc2)c2cc(-c3nc(CC4CNCCO4)cs3)ccc21. The number of aryl methyl sites for hydroxylation is 1. The Balaban J connectivity index is 1.37. The average molecular weight is 492 g/mol. The van der Waals surface area contributed by atoms with E-state index in [4.69, 9.17) is 9.72 Å². The number of fused-ring (bicyclic) bond motifs is 1. The zero-order chi connectivity index (χ0) is 24.2. The highest BCUT2D eigenvalue weighted by molar-refractivity contribution is 7.13. The third kappa shape index (κ3) is 5.32. The lowest BCUT2D eigenvalue weighted by Gasteiger charge is -2.22. The Morgan fingerprint density at radius 3 is 2.97 bits per heavy atom. The van der Waals surface area contributed by atoms with Crippen molar-refractivity contribution in [3.8, 4) is 10.6 Å². The van der Waals surface area contributed by atoms with Crippen LogP contribution in [0.1, 0.15) is 28.5 Å². The number of nitrogens with zero attached hydrogens (tertiary/aromatic N) is 3. The van der Waals surface area contributed by atoms with Crippen LogP contribution >= 0.6 is 11.3 Å². The quantitative estimate of drug-likeness (QED) is 0.300. The van der Waals surface area contributed by atoms with Crippen molar-refractivity contribution in [2.45, 2.75) is 26.0 Å². The fraction of sp³-hybridized carbons (Fsp3) is 0.269. The highest BCUT2D eigenvalue weighted by atomic mass is 32.1. The second kappa shape index (κ2) is 10.5. The molecule has 0 bridgehead atoms. The predicted molar refractivity (Wildman–Crippen MR) is 136 cm³/mol. The van der Waals surface area contributed by atoms with E-state index >= 15 is 0 Å². The van der Waals surface area contributed by atoms with Crippen LogP contribution < -0.4 is 10.7 Å². The molecule has 2 aromatic heterocycles. The summed E-state index contributed by atoms with van der Waals surface area (Å²) >= 11 is 1.59. The molecule has 2 aromatic carbocycles. The van der Waals surface area contributed by atoms with E-state index in [-0.39, 0.29) is 17.8 Å². The minimum absolute atomic E-state index is 0.144. The first-order valence-corrected chi connectivity index (χ1v) is 12.5. The van der Waals surface area contributed by atoms with Gasteiger partial charge in [-0.3, -0.25) is 4.79 Å². The number of hydrazone groups is 1. The molecule has 4 aromatic rings. The second-order valence-electron chi connectivity index (χ2n) is 8.36. The fourth-order valence-electron chi connectivity index (χ4n) is 4.16. The molecule has 0 saturated carbocycles. The molecule has 1 aliphatic heterocycles. The molecule has 2 N–H and O–H groups in total. The molecule has 1 aliphatic rings. The predicted octanol–water partition coefficient (Wildman–Crippen LogP) is 4.22. The zero-order valence-electron chi connectivity index (χ0n) is 19.3. The smallest absolute Gasteiger partial charge is 0.273 e. The molecule has 7 nitrogen and oxygen atoms in total. The molecule has 9 heteroatoms. The van der Waals surface area contributed by atoms with Crippen LogP contribution in [0.3, 0.4) is 0 Å². The Kier molecular flexibility index (Phi) is 6.98.